The summed E-state index contributed by atoms with van der Waals surface area (Å²) in [6.45, 7) is 0.602. The molecule has 0 unspecified atom stereocenters. The molecule has 0 saturated carbocycles. The first-order chi connectivity index (χ1) is 12.1. The van der Waals surface area contributed by atoms with Gasteiger partial charge in [0.2, 0.25) is 0 Å². The van der Waals surface area contributed by atoms with Gasteiger partial charge in [-0.2, -0.15) is 0 Å². The van der Waals surface area contributed by atoms with E-state index >= 15 is 0 Å². The predicted molar refractivity (Wildman–Crippen MR) is 102 cm³/mol. The molecule has 25 heavy (non-hydrogen) atoms. The van der Waals surface area contributed by atoms with Crippen molar-refractivity contribution < 1.29 is 9.18 Å². The van der Waals surface area contributed by atoms with Crippen molar-refractivity contribution in [1.82, 2.24) is 0 Å². The highest BCUT2D eigenvalue weighted by Gasteiger charge is 2.05. The van der Waals surface area contributed by atoms with Gasteiger partial charge in [-0.15, -0.1) is 0 Å². The molecule has 0 aliphatic rings. The SMILES string of the molecule is O=C(Nc1ccc(NCc2ccc(F)cc2)cc1)c1ccc(Br)cc1. The summed E-state index contributed by atoms with van der Waals surface area (Å²) in [5.41, 5.74) is 3.24. The Morgan fingerprint density at radius 3 is 2.08 bits per heavy atom. The van der Waals surface area contributed by atoms with E-state index < -0.39 is 0 Å². The third-order valence-corrected chi connectivity index (χ3v) is 4.19. The molecule has 3 nitrogen and oxygen atoms in total. The molecular weight excluding hydrogens is 383 g/mol. The molecule has 0 aromatic heterocycles. The second kappa shape index (κ2) is 7.94. The van der Waals surface area contributed by atoms with Gasteiger partial charge in [0.1, 0.15) is 5.82 Å². The summed E-state index contributed by atoms with van der Waals surface area (Å²) < 4.78 is 13.8. The first kappa shape index (κ1) is 17.2. The second-order valence-corrected chi connectivity index (χ2v) is 6.43. The van der Waals surface area contributed by atoms with Crippen LogP contribution in [0.1, 0.15) is 15.9 Å². The van der Waals surface area contributed by atoms with Gasteiger partial charge in [0.25, 0.3) is 5.91 Å². The second-order valence-electron chi connectivity index (χ2n) is 5.52. The fourth-order valence-corrected chi connectivity index (χ4v) is 2.55. The van der Waals surface area contributed by atoms with Crippen LogP contribution in [0.3, 0.4) is 0 Å². The van der Waals surface area contributed by atoms with Crippen molar-refractivity contribution >= 4 is 33.2 Å². The average Bonchev–Trinajstić information content (AvgIpc) is 2.63. The van der Waals surface area contributed by atoms with Crippen LogP contribution in [-0.4, -0.2) is 5.91 Å². The van der Waals surface area contributed by atoms with Gasteiger partial charge < -0.3 is 10.6 Å². The average molecular weight is 399 g/mol. The van der Waals surface area contributed by atoms with E-state index in [4.69, 9.17) is 0 Å². The Morgan fingerprint density at radius 1 is 0.840 bits per heavy atom. The lowest BCUT2D eigenvalue weighted by Crippen LogP contribution is -2.11. The number of rotatable bonds is 5. The van der Waals surface area contributed by atoms with Gasteiger partial charge in [-0.3, -0.25) is 4.79 Å². The summed E-state index contributed by atoms with van der Waals surface area (Å²) >= 11 is 3.35. The Balaban J connectivity index is 1.57. The Bertz CT molecular complexity index is 846. The lowest BCUT2D eigenvalue weighted by atomic mass is 10.2. The lowest BCUT2D eigenvalue weighted by Gasteiger charge is -2.09. The Hall–Kier alpha value is -2.66. The van der Waals surface area contributed by atoms with Crippen molar-refractivity contribution in [3.8, 4) is 0 Å². The molecule has 5 heteroatoms. The van der Waals surface area contributed by atoms with Crippen LogP contribution in [0, 0.1) is 5.82 Å². The van der Waals surface area contributed by atoms with Crippen LogP contribution in [-0.2, 0) is 6.54 Å². The fourth-order valence-electron chi connectivity index (χ4n) is 2.28. The normalized spacial score (nSPS) is 10.3. The highest BCUT2D eigenvalue weighted by Crippen LogP contribution is 2.17. The minimum atomic E-state index is -0.241. The van der Waals surface area contributed by atoms with E-state index in [2.05, 4.69) is 26.6 Å². The van der Waals surface area contributed by atoms with Crippen molar-refractivity contribution in [3.05, 3.63) is 94.2 Å². The van der Waals surface area contributed by atoms with Gasteiger partial charge in [0.15, 0.2) is 0 Å². The monoisotopic (exact) mass is 398 g/mol. The summed E-state index contributed by atoms with van der Waals surface area (Å²) in [6, 6.07) is 21.0. The van der Waals surface area contributed by atoms with E-state index in [9.17, 15) is 9.18 Å². The van der Waals surface area contributed by atoms with Crippen molar-refractivity contribution in [2.24, 2.45) is 0 Å². The number of amides is 1. The van der Waals surface area contributed by atoms with Crippen LogP contribution in [0.4, 0.5) is 15.8 Å². The molecule has 0 heterocycles. The number of hydrogen-bond donors (Lipinski definition) is 2. The maximum atomic E-state index is 12.9. The Kier molecular flexibility index (Phi) is 5.46. The summed E-state index contributed by atoms with van der Waals surface area (Å²) in [4.78, 5) is 12.2. The number of hydrogen-bond acceptors (Lipinski definition) is 2. The molecule has 0 spiro atoms. The summed E-state index contributed by atoms with van der Waals surface area (Å²) in [6.07, 6.45) is 0. The van der Waals surface area contributed by atoms with Crippen LogP contribution >= 0.6 is 15.9 Å². The molecule has 3 rings (SSSR count). The number of carbonyl (C=O) groups is 1. The molecule has 0 aliphatic heterocycles. The molecule has 2 N–H and O–H groups in total. The minimum absolute atomic E-state index is 0.153. The number of anilines is 2. The van der Waals surface area contributed by atoms with E-state index in [1.165, 1.54) is 12.1 Å². The van der Waals surface area contributed by atoms with Gasteiger partial charge in [0.05, 0.1) is 0 Å². The molecule has 0 atom stereocenters. The van der Waals surface area contributed by atoms with Gasteiger partial charge in [-0.25, -0.2) is 4.39 Å². The number of halogens is 2. The van der Waals surface area contributed by atoms with E-state index in [0.717, 1.165) is 21.4 Å². The predicted octanol–water partition coefficient (Wildman–Crippen LogP) is 5.45. The van der Waals surface area contributed by atoms with Gasteiger partial charge >= 0.3 is 0 Å². The Labute approximate surface area is 154 Å². The van der Waals surface area contributed by atoms with Crippen LogP contribution in [0.15, 0.2) is 77.3 Å². The van der Waals surface area contributed by atoms with Crippen molar-refractivity contribution in [3.63, 3.8) is 0 Å². The zero-order chi connectivity index (χ0) is 17.6. The minimum Gasteiger partial charge on any atom is -0.381 e. The van der Waals surface area contributed by atoms with E-state index in [-0.39, 0.29) is 11.7 Å². The molecule has 0 saturated heterocycles. The maximum absolute atomic E-state index is 12.9. The van der Waals surface area contributed by atoms with Gasteiger partial charge in [-0.05, 0) is 66.2 Å². The third-order valence-electron chi connectivity index (χ3n) is 3.66. The first-order valence-corrected chi connectivity index (χ1v) is 8.55. The molecule has 3 aromatic carbocycles. The third kappa shape index (κ3) is 4.90. The quantitative estimate of drug-likeness (QED) is 0.599. The van der Waals surface area contributed by atoms with Crippen molar-refractivity contribution in [1.29, 1.82) is 0 Å². The van der Waals surface area contributed by atoms with Gasteiger partial charge in [-0.1, -0.05) is 28.1 Å². The first-order valence-electron chi connectivity index (χ1n) is 7.75. The van der Waals surface area contributed by atoms with Gasteiger partial charge in [0, 0.05) is 28.0 Å². The lowest BCUT2D eigenvalue weighted by molar-refractivity contribution is 0.102. The summed E-state index contributed by atoms with van der Waals surface area (Å²) in [5, 5.41) is 6.12. The topological polar surface area (TPSA) is 41.1 Å². The molecule has 0 bridgehead atoms. The largest absolute Gasteiger partial charge is 0.381 e. The van der Waals surface area contributed by atoms with Crippen molar-refractivity contribution in [2.75, 3.05) is 10.6 Å². The molecule has 3 aromatic rings. The summed E-state index contributed by atoms with van der Waals surface area (Å²) in [7, 11) is 0. The highest BCUT2D eigenvalue weighted by atomic mass is 79.9. The number of benzene rings is 3. The Morgan fingerprint density at radius 2 is 1.44 bits per heavy atom. The van der Waals surface area contributed by atoms with E-state index in [0.29, 0.717) is 12.1 Å². The van der Waals surface area contributed by atoms with Crippen LogP contribution in [0.2, 0.25) is 0 Å². The van der Waals surface area contributed by atoms with E-state index in [1.807, 2.05) is 36.4 Å². The van der Waals surface area contributed by atoms with E-state index in [1.54, 1.807) is 24.3 Å². The zero-order valence-electron chi connectivity index (χ0n) is 13.3. The maximum Gasteiger partial charge on any atom is 0.255 e. The smallest absolute Gasteiger partial charge is 0.255 e. The van der Waals surface area contributed by atoms with Crippen LogP contribution in [0.25, 0.3) is 0 Å². The zero-order valence-corrected chi connectivity index (χ0v) is 14.9. The molecule has 1 amide bonds. The highest BCUT2D eigenvalue weighted by molar-refractivity contribution is 9.10. The molecule has 0 fully saturated rings. The fraction of sp³-hybridized carbons (Fsp3) is 0.0500. The summed E-state index contributed by atoms with van der Waals surface area (Å²) in [5.74, 6) is -0.394. The molecule has 126 valence electrons. The van der Waals surface area contributed by atoms with Crippen molar-refractivity contribution in [2.45, 2.75) is 6.54 Å². The molecule has 0 radical (unpaired) electrons. The number of nitrogens with one attached hydrogen (secondary N) is 2. The molecule has 0 aliphatic carbocycles. The van der Waals surface area contributed by atoms with Crippen LogP contribution < -0.4 is 10.6 Å². The van der Waals surface area contributed by atoms with Crippen LogP contribution in [0.5, 0.6) is 0 Å². The number of carbonyl (C=O) groups excluding carboxylic acids is 1. The standard InChI is InChI=1S/C20H16BrFN2O/c21-16-5-3-15(4-6-16)20(25)24-19-11-9-18(10-12-19)23-13-14-1-7-17(22)8-2-14/h1-12,23H,13H2,(H,24,25). The molecular formula is C20H16BrFN2O.